The number of rotatable bonds is 4. The zero-order valence-corrected chi connectivity index (χ0v) is 13.6. The minimum atomic E-state index is -1.73. The highest BCUT2D eigenvalue weighted by atomic mass is 28.4. The van der Waals surface area contributed by atoms with Gasteiger partial charge >= 0.3 is 0 Å². The third-order valence-electron chi connectivity index (χ3n) is 4.44. The monoisotopic (exact) mass is 268 g/mol. The van der Waals surface area contributed by atoms with Crippen molar-refractivity contribution in [2.45, 2.75) is 70.7 Å². The third-order valence-corrected chi connectivity index (χ3v) is 8.95. The summed E-state index contributed by atoms with van der Waals surface area (Å²) < 4.78 is 6.50. The first-order valence-corrected chi connectivity index (χ1v) is 9.88. The summed E-state index contributed by atoms with van der Waals surface area (Å²) in [5.41, 5.74) is 0. The zero-order chi connectivity index (χ0) is 14.0. The lowest BCUT2D eigenvalue weighted by molar-refractivity contribution is -0.124. The number of carbonyl (C=O) groups excluding carboxylic acids is 1. The highest BCUT2D eigenvalue weighted by molar-refractivity contribution is 6.74. The molecule has 0 N–H and O–H groups in total. The van der Waals surface area contributed by atoms with E-state index in [9.17, 15) is 4.79 Å². The number of carbonyl (C=O) groups is 1. The van der Waals surface area contributed by atoms with E-state index in [0.717, 1.165) is 12.8 Å². The SMILES string of the molecule is C=CC[C@H]1CC(=O)CC[C@H]1O[Si](C)(C)C(C)(C)C. The Hall–Kier alpha value is -0.413. The summed E-state index contributed by atoms with van der Waals surface area (Å²) in [6.45, 7) is 15.2. The van der Waals surface area contributed by atoms with Gasteiger partial charge in [0.1, 0.15) is 5.78 Å². The van der Waals surface area contributed by atoms with Gasteiger partial charge in [0.2, 0.25) is 0 Å². The van der Waals surface area contributed by atoms with Crippen molar-refractivity contribution < 1.29 is 9.22 Å². The fourth-order valence-corrected chi connectivity index (χ4v) is 3.65. The molecule has 0 radical (unpaired) electrons. The third kappa shape index (κ3) is 3.79. The van der Waals surface area contributed by atoms with Crippen LogP contribution in [0.15, 0.2) is 12.7 Å². The van der Waals surface area contributed by atoms with E-state index in [1.807, 2.05) is 6.08 Å². The van der Waals surface area contributed by atoms with Crippen LogP contribution in [0.25, 0.3) is 0 Å². The van der Waals surface area contributed by atoms with Crippen LogP contribution in [0.1, 0.15) is 46.5 Å². The van der Waals surface area contributed by atoms with E-state index in [2.05, 4.69) is 40.4 Å². The molecule has 1 rings (SSSR count). The van der Waals surface area contributed by atoms with Crippen LogP contribution in [0.4, 0.5) is 0 Å². The molecule has 1 aliphatic carbocycles. The van der Waals surface area contributed by atoms with Crippen LogP contribution in [-0.2, 0) is 9.22 Å². The smallest absolute Gasteiger partial charge is 0.192 e. The van der Waals surface area contributed by atoms with Crippen LogP contribution >= 0.6 is 0 Å². The van der Waals surface area contributed by atoms with Gasteiger partial charge in [0.15, 0.2) is 8.32 Å². The van der Waals surface area contributed by atoms with Crippen molar-refractivity contribution >= 4 is 14.1 Å². The molecule has 1 aliphatic rings. The Morgan fingerprint density at radius 2 is 2.06 bits per heavy atom. The second-order valence-electron chi connectivity index (χ2n) is 6.98. The number of hydrogen-bond acceptors (Lipinski definition) is 2. The Balaban J connectivity index is 2.74. The van der Waals surface area contributed by atoms with Gasteiger partial charge in [-0.15, -0.1) is 6.58 Å². The molecule has 0 saturated heterocycles. The lowest BCUT2D eigenvalue weighted by Gasteiger charge is -2.42. The first-order chi connectivity index (χ1) is 8.17. The van der Waals surface area contributed by atoms with Crippen LogP contribution < -0.4 is 0 Å². The second kappa shape index (κ2) is 5.70. The normalized spacial score (nSPS) is 26.2. The minimum absolute atomic E-state index is 0.229. The molecule has 0 spiro atoms. The Labute approximate surface area is 113 Å². The van der Waals surface area contributed by atoms with Crippen molar-refractivity contribution in [3.05, 3.63) is 12.7 Å². The largest absolute Gasteiger partial charge is 0.414 e. The van der Waals surface area contributed by atoms with Gasteiger partial charge in [0.05, 0.1) is 0 Å². The van der Waals surface area contributed by atoms with Crippen LogP contribution in [0.3, 0.4) is 0 Å². The predicted molar refractivity (Wildman–Crippen MR) is 79.2 cm³/mol. The van der Waals surface area contributed by atoms with Crippen LogP contribution in [0.2, 0.25) is 18.1 Å². The summed E-state index contributed by atoms with van der Waals surface area (Å²) in [7, 11) is -1.73. The Morgan fingerprint density at radius 3 is 2.56 bits per heavy atom. The first kappa shape index (κ1) is 15.6. The van der Waals surface area contributed by atoms with Crippen molar-refractivity contribution in [2.75, 3.05) is 0 Å². The molecule has 3 heteroatoms. The van der Waals surface area contributed by atoms with Crippen molar-refractivity contribution in [1.82, 2.24) is 0 Å². The number of hydrogen-bond donors (Lipinski definition) is 0. The van der Waals surface area contributed by atoms with E-state index in [0.29, 0.717) is 24.5 Å². The number of Topliss-reactive ketones (excluding diaryl/α,β-unsaturated/α-hetero) is 1. The molecule has 0 aromatic rings. The second-order valence-corrected chi connectivity index (χ2v) is 11.7. The standard InChI is InChI=1S/C15H28O2Si/c1-7-8-12-11-13(16)9-10-14(12)17-18(5,6)15(2,3)4/h7,12,14H,1,8-11H2,2-6H3/t12-,14+/m0/s1. The average Bonchev–Trinajstić information content (AvgIpc) is 2.20. The average molecular weight is 268 g/mol. The van der Waals surface area contributed by atoms with Gasteiger partial charge in [-0.1, -0.05) is 26.8 Å². The van der Waals surface area contributed by atoms with E-state index in [4.69, 9.17) is 4.43 Å². The molecule has 0 aromatic carbocycles. The minimum Gasteiger partial charge on any atom is -0.414 e. The van der Waals surface area contributed by atoms with Gasteiger partial charge in [-0.05, 0) is 36.9 Å². The Bertz CT molecular complexity index is 315. The van der Waals surface area contributed by atoms with Gasteiger partial charge in [-0.2, -0.15) is 0 Å². The molecule has 0 bridgehead atoms. The fourth-order valence-electron chi connectivity index (χ4n) is 2.22. The van der Waals surface area contributed by atoms with Gasteiger partial charge < -0.3 is 4.43 Å². The van der Waals surface area contributed by atoms with E-state index in [-0.39, 0.29) is 11.1 Å². The zero-order valence-electron chi connectivity index (χ0n) is 12.6. The molecule has 0 unspecified atom stereocenters. The molecule has 2 nitrogen and oxygen atoms in total. The van der Waals surface area contributed by atoms with Crippen molar-refractivity contribution in [1.29, 1.82) is 0 Å². The summed E-state index contributed by atoms with van der Waals surface area (Å²) in [6, 6.07) is 0. The molecule has 1 fully saturated rings. The fraction of sp³-hybridized carbons (Fsp3) is 0.800. The highest BCUT2D eigenvalue weighted by Crippen LogP contribution is 2.40. The van der Waals surface area contributed by atoms with Crippen molar-refractivity contribution in [2.24, 2.45) is 5.92 Å². The molecular weight excluding hydrogens is 240 g/mol. The van der Waals surface area contributed by atoms with E-state index in [1.165, 1.54) is 0 Å². The summed E-state index contributed by atoms with van der Waals surface area (Å²) in [5, 5.41) is 0.229. The summed E-state index contributed by atoms with van der Waals surface area (Å²) >= 11 is 0. The van der Waals surface area contributed by atoms with E-state index < -0.39 is 8.32 Å². The molecule has 18 heavy (non-hydrogen) atoms. The maximum Gasteiger partial charge on any atom is 0.192 e. The van der Waals surface area contributed by atoms with E-state index in [1.54, 1.807) is 0 Å². The lowest BCUT2D eigenvalue weighted by Crippen LogP contribution is -2.47. The van der Waals surface area contributed by atoms with E-state index >= 15 is 0 Å². The molecule has 2 atom stereocenters. The lowest BCUT2D eigenvalue weighted by atomic mass is 9.84. The predicted octanol–water partition coefficient (Wildman–Crippen LogP) is 4.32. The first-order valence-electron chi connectivity index (χ1n) is 6.98. The number of ketones is 1. The van der Waals surface area contributed by atoms with Crippen molar-refractivity contribution in [3.8, 4) is 0 Å². The van der Waals surface area contributed by atoms with Crippen LogP contribution in [0, 0.1) is 5.92 Å². The van der Waals surface area contributed by atoms with Gasteiger partial charge in [0.25, 0.3) is 0 Å². The van der Waals surface area contributed by atoms with Crippen LogP contribution in [0.5, 0.6) is 0 Å². The molecular formula is C15H28O2Si. The molecule has 0 aromatic heterocycles. The molecule has 0 aliphatic heterocycles. The van der Waals surface area contributed by atoms with Gasteiger partial charge in [-0.25, -0.2) is 0 Å². The topological polar surface area (TPSA) is 26.3 Å². The molecule has 104 valence electrons. The summed E-state index contributed by atoms with van der Waals surface area (Å²) in [5.74, 6) is 0.731. The van der Waals surface area contributed by atoms with Crippen molar-refractivity contribution in [3.63, 3.8) is 0 Å². The maximum atomic E-state index is 11.6. The Kier molecular flexibility index (Phi) is 4.95. The quantitative estimate of drug-likeness (QED) is 0.560. The summed E-state index contributed by atoms with van der Waals surface area (Å²) in [4.78, 5) is 11.6. The Morgan fingerprint density at radius 1 is 1.44 bits per heavy atom. The molecule has 0 heterocycles. The molecule has 0 amide bonds. The summed E-state index contributed by atoms with van der Waals surface area (Å²) in [6.07, 6.45) is 5.32. The van der Waals surface area contributed by atoms with Gasteiger partial charge in [0, 0.05) is 18.9 Å². The highest BCUT2D eigenvalue weighted by Gasteiger charge is 2.41. The molecule has 1 saturated carbocycles. The maximum absolute atomic E-state index is 11.6. The van der Waals surface area contributed by atoms with Gasteiger partial charge in [-0.3, -0.25) is 4.79 Å². The number of allylic oxidation sites excluding steroid dienone is 1. The van der Waals surface area contributed by atoms with Crippen LogP contribution in [-0.4, -0.2) is 20.2 Å².